The van der Waals surface area contributed by atoms with Gasteiger partial charge < -0.3 is 26.2 Å². The summed E-state index contributed by atoms with van der Waals surface area (Å²) < 4.78 is 0. The molecular formula is C34H36N4O4S2. The Balaban J connectivity index is 0.000000175. The van der Waals surface area contributed by atoms with Gasteiger partial charge in [0, 0.05) is 62.0 Å². The molecule has 2 unspecified atom stereocenters. The zero-order chi connectivity index (χ0) is 31.5. The van der Waals surface area contributed by atoms with Crippen LogP contribution in [-0.2, 0) is 10.8 Å². The van der Waals surface area contributed by atoms with E-state index in [1.807, 2.05) is 42.5 Å². The summed E-state index contributed by atoms with van der Waals surface area (Å²) in [7, 11) is 0. The number of phenolic OH excluding ortho intramolecular Hbond substituents is 4. The summed E-state index contributed by atoms with van der Waals surface area (Å²) in [5.41, 5.74) is 19.1. The van der Waals surface area contributed by atoms with E-state index in [0.29, 0.717) is 18.8 Å². The van der Waals surface area contributed by atoms with Gasteiger partial charge in [-0.1, -0.05) is 55.4 Å². The fraction of sp³-hybridized carbons (Fsp3) is 0.294. The molecule has 2 aliphatic rings. The average molecular weight is 629 g/mol. The molecule has 0 fully saturated rings. The topological polar surface area (TPSA) is 156 Å². The summed E-state index contributed by atoms with van der Waals surface area (Å²) in [5, 5.41) is 42.2. The van der Waals surface area contributed by atoms with Crippen molar-refractivity contribution >= 4 is 23.5 Å². The molecule has 0 bridgehead atoms. The first-order valence-electron chi connectivity index (χ1n) is 14.3. The highest BCUT2D eigenvalue weighted by Gasteiger charge is 2.42. The molecule has 6 N–H and O–H groups in total. The highest BCUT2D eigenvalue weighted by Crippen LogP contribution is 2.52. The van der Waals surface area contributed by atoms with Gasteiger partial charge in [0.2, 0.25) is 0 Å². The molecule has 0 saturated heterocycles. The van der Waals surface area contributed by atoms with Crippen LogP contribution in [0.2, 0.25) is 0 Å². The lowest BCUT2D eigenvalue weighted by Gasteiger charge is -2.42. The summed E-state index contributed by atoms with van der Waals surface area (Å²) in [6, 6.07) is 25.5. The lowest BCUT2D eigenvalue weighted by molar-refractivity contribution is 0.410. The van der Waals surface area contributed by atoms with Crippen LogP contribution >= 0.6 is 23.5 Å². The Labute approximate surface area is 265 Å². The maximum atomic E-state index is 9.71. The number of hydrogen-bond acceptors (Lipinski definition) is 8. The third-order valence-electron chi connectivity index (χ3n) is 8.96. The number of nitrogens with zero attached hydrogens (tertiary/aromatic N) is 3. The Kier molecular flexibility index (Phi) is 9.27. The second kappa shape index (κ2) is 13.0. The van der Waals surface area contributed by atoms with Crippen LogP contribution in [0.4, 0.5) is 0 Å². The maximum Gasteiger partial charge on any atom is 0.116 e. The Morgan fingerprint density at radius 1 is 0.705 bits per heavy atom. The summed E-state index contributed by atoms with van der Waals surface area (Å²) in [6.45, 7) is 5.28. The number of aromatic hydroxyl groups is 4. The number of nitrogens with two attached hydrogens (primary N) is 1. The molecule has 44 heavy (non-hydrogen) atoms. The van der Waals surface area contributed by atoms with Crippen molar-refractivity contribution < 1.29 is 20.4 Å². The fourth-order valence-electron chi connectivity index (χ4n) is 6.27. The summed E-state index contributed by atoms with van der Waals surface area (Å²) in [5.74, 6) is 2.96. The van der Waals surface area contributed by atoms with Gasteiger partial charge in [0.1, 0.15) is 23.0 Å². The largest absolute Gasteiger partial charge is 0.508 e. The number of thioether (sulfide) groups is 2. The normalized spacial score (nSPS) is 23.7. The predicted molar refractivity (Wildman–Crippen MR) is 177 cm³/mol. The minimum atomic E-state index is -0.226. The first kappa shape index (κ1) is 31.5. The number of benzene rings is 4. The standard InChI is InChI=1S/C17H17N3O2S.C17H19NO2S/c1-17(11-2-4-12(21)5-3-11)10-23-16-8-13(22)6-7-14(16)15(17)9-19-20-18;1-17(11-2-4-12(19)5-3-11)10-21-16-8-13(20)6-7-14(16)15(17)9-18/h2-8,15,21-22H,9-10H2,1H3;2-8,15,19-20H,9-10,18H2,1H3/t2*15?,17-/m11/s1. The maximum absolute atomic E-state index is 9.71. The number of fused-ring (bicyclic) bond motifs is 2. The van der Waals surface area contributed by atoms with E-state index >= 15 is 0 Å². The van der Waals surface area contributed by atoms with Crippen LogP contribution in [0.25, 0.3) is 10.4 Å². The van der Waals surface area contributed by atoms with Gasteiger partial charge in [-0.05, 0) is 76.3 Å². The van der Waals surface area contributed by atoms with Crippen molar-refractivity contribution in [1.29, 1.82) is 0 Å². The van der Waals surface area contributed by atoms with Gasteiger partial charge in [-0.2, -0.15) is 0 Å². The molecule has 6 rings (SSSR count). The summed E-state index contributed by atoms with van der Waals surface area (Å²) in [4.78, 5) is 5.06. The van der Waals surface area contributed by atoms with E-state index in [-0.39, 0.29) is 39.9 Å². The highest BCUT2D eigenvalue weighted by molar-refractivity contribution is 7.99. The molecule has 2 aliphatic heterocycles. The van der Waals surface area contributed by atoms with Crippen molar-refractivity contribution in [3.63, 3.8) is 0 Å². The van der Waals surface area contributed by atoms with Gasteiger partial charge in [0.05, 0.1) is 0 Å². The minimum Gasteiger partial charge on any atom is -0.508 e. The van der Waals surface area contributed by atoms with E-state index in [4.69, 9.17) is 11.3 Å². The van der Waals surface area contributed by atoms with Crippen LogP contribution in [0, 0.1) is 0 Å². The van der Waals surface area contributed by atoms with Crippen LogP contribution in [-0.4, -0.2) is 45.0 Å². The third kappa shape index (κ3) is 6.16. The average Bonchev–Trinajstić information content (AvgIpc) is 3.01. The van der Waals surface area contributed by atoms with Crippen molar-refractivity contribution in [1.82, 2.24) is 0 Å². The second-order valence-corrected chi connectivity index (χ2v) is 13.7. The quantitative estimate of drug-likeness (QED) is 0.0859. The lowest BCUT2D eigenvalue weighted by Crippen LogP contribution is -2.39. The van der Waals surface area contributed by atoms with E-state index in [1.54, 1.807) is 66.0 Å². The van der Waals surface area contributed by atoms with Crippen molar-refractivity contribution in [2.75, 3.05) is 24.6 Å². The van der Waals surface area contributed by atoms with Crippen molar-refractivity contribution in [3.05, 3.63) is 118 Å². The molecule has 0 aliphatic carbocycles. The molecule has 228 valence electrons. The van der Waals surface area contributed by atoms with Crippen molar-refractivity contribution in [3.8, 4) is 23.0 Å². The smallest absolute Gasteiger partial charge is 0.116 e. The van der Waals surface area contributed by atoms with Crippen LogP contribution < -0.4 is 5.73 Å². The second-order valence-electron chi connectivity index (χ2n) is 11.7. The monoisotopic (exact) mass is 628 g/mol. The first-order chi connectivity index (χ1) is 21.1. The molecule has 0 aromatic heterocycles. The molecule has 0 amide bonds. The third-order valence-corrected chi connectivity index (χ3v) is 11.8. The van der Waals surface area contributed by atoms with Gasteiger partial charge in [-0.3, -0.25) is 0 Å². The van der Waals surface area contributed by atoms with Crippen LogP contribution in [0.1, 0.15) is 47.9 Å². The zero-order valence-electron chi connectivity index (χ0n) is 24.6. The molecule has 4 aromatic carbocycles. The van der Waals surface area contributed by atoms with Gasteiger partial charge in [0.25, 0.3) is 0 Å². The number of azide groups is 1. The Morgan fingerprint density at radius 3 is 1.55 bits per heavy atom. The predicted octanol–water partition coefficient (Wildman–Crippen LogP) is 7.76. The molecule has 0 radical (unpaired) electrons. The number of phenols is 4. The number of rotatable bonds is 5. The van der Waals surface area contributed by atoms with Gasteiger partial charge >= 0.3 is 0 Å². The van der Waals surface area contributed by atoms with Crippen LogP contribution in [0.15, 0.2) is 99.8 Å². The van der Waals surface area contributed by atoms with Gasteiger partial charge in [0.15, 0.2) is 0 Å². The molecule has 8 nitrogen and oxygen atoms in total. The van der Waals surface area contributed by atoms with E-state index in [2.05, 4.69) is 23.9 Å². The zero-order valence-corrected chi connectivity index (χ0v) is 26.2. The summed E-state index contributed by atoms with van der Waals surface area (Å²) >= 11 is 3.44. The molecule has 2 heterocycles. The number of hydrogen-bond donors (Lipinski definition) is 5. The fourth-order valence-corrected chi connectivity index (χ4v) is 9.08. The van der Waals surface area contributed by atoms with Gasteiger partial charge in [-0.15, -0.1) is 23.5 Å². The molecule has 0 saturated carbocycles. The van der Waals surface area contributed by atoms with Crippen molar-refractivity contribution in [2.24, 2.45) is 10.8 Å². The molecular weight excluding hydrogens is 593 g/mol. The van der Waals surface area contributed by atoms with E-state index in [0.717, 1.165) is 32.4 Å². The van der Waals surface area contributed by atoms with E-state index in [9.17, 15) is 20.4 Å². The minimum absolute atomic E-state index is 0.0137. The van der Waals surface area contributed by atoms with Gasteiger partial charge in [-0.25, -0.2) is 0 Å². The van der Waals surface area contributed by atoms with Crippen LogP contribution in [0.3, 0.4) is 0 Å². The molecule has 0 spiro atoms. The Morgan fingerprint density at radius 2 is 1.11 bits per heavy atom. The Hall–Kier alpha value is -3.95. The van der Waals surface area contributed by atoms with Crippen molar-refractivity contribution in [2.45, 2.75) is 46.3 Å². The van der Waals surface area contributed by atoms with Crippen LogP contribution in [0.5, 0.6) is 23.0 Å². The first-order valence-corrected chi connectivity index (χ1v) is 16.3. The van der Waals surface area contributed by atoms with E-state index in [1.165, 1.54) is 11.1 Å². The van der Waals surface area contributed by atoms with E-state index < -0.39 is 0 Å². The lowest BCUT2D eigenvalue weighted by atomic mass is 9.70. The molecule has 4 aromatic rings. The summed E-state index contributed by atoms with van der Waals surface area (Å²) in [6.07, 6.45) is 0. The Bertz CT molecular complexity index is 1680. The highest BCUT2D eigenvalue weighted by atomic mass is 32.2. The SMILES string of the molecule is C[C@]1(c2ccc(O)cc2)CSc2cc(O)ccc2C1CN.C[C@]1(c2ccc(O)cc2)CSc2cc(O)ccc2C1CN=[N+]=[N-]. The molecule has 4 atom stereocenters. The molecule has 10 heteroatoms.